The average molecular weight is 263 g/mol. The molecule has 3 rings (SSSR count). The molecule has 0 atom stereocenters. The van der Waals surface area contributed by atoms with Crippen LogP contribution in [0.25, 0.3) is 11.3 Å². The van der Waals surface area contributed by atoms with Gasteiger partial charge in [0, 0.05) is 11.3 Å². The van der Waals surface area contributed by atoms with Gasteiger partial charge >= 0.3 is 0 Å². The Morgan fingerprint density at radius 2 is 1.78 bits per heavy atom. The summed E-state index contributed by atoms with van der Waals surface area (Å²) in [6, 6.07) is 5.77. The van der Waals surface area contributed by atoms with E-state index in [9.17, 15) is 0 Å². The van der Waals surface area contributed by atoms with Crippen LogP contribution in [0.3, 0.4) is 0 Å². The van der Waals surface area contributed by atoms with E-state index in [4.69, 9.17) is 21.1 Å². The number of hydrogen-bond acceptors (Lipinski definition) is 4. The molecule has 2 aromatic rings. The summed E-state index contributed by atoms with van der Waals surface area (Å²) in [5.41, 5.74) is 3.67. The van der Waals surface area contributed by atoms with Crippen LogP contribution in [-0.2, 0) is 0 Å². The Hall–Kier alpha value is -1.81. The number of halogens is 1. The lowest BCUT2D eigenvalue weighted by Gasteiger charge is -2.08. The second kappa shape index (κ2) is 4.14. The van der Waals surface area contributed by atoms with Crippen LogP contribution < -0.4 is 9.47 Å². The van der Waals surface area contributed by atoms with E-state index in [0.29, 0.717) is 0 Å². The number of fused-ring (bicyclic) bond motifs is 1. The maximum Gasteiger partial charge on any atom is 0.231 e. The molecule has 1 aliphatic heterocycles. The minimum atomic E-state index is 0.252. The SMILES string of the molecule is Cc1cc(-c2cc3c(cc2C)OCO3)nc(Cl)n1. The fourth-order valence-electron chi connectivity index (χ4n) is 1.99. The molecule has 0 radical (unpaired) electrons. The molecular formula is C13H11ClN2O2. The van der Waals surface area contributed by atoms with Gasteiger partial charge in [-0.05, 0) is 49.2 Å². The Balaban J connectivity index is 2.16. The second-order valence-electron chi connectivity index (χ2n) is 4.18. The lowest BCUT2D eigenvalue weighted by molar-refractivity contribution is 0.174. The molecule has 1 aromatic heterocycles. The minimum absolute atomic E-state index is 0.252. The summed E-state index contributed by atoms with van der Waals surface area (Å²) >= 11 is 5.89. The maximum atomic E-state index is 5.89. The monoisotopic (exact) mass is 262 g/mol. The van der Waals surface area contributed by atoms with Gasteiger partial charge in [0.25, 0.3) is 0 Å². The summed E-state index contributed by atoms with van der Waals surface area (Å²) in [6.45, 7) is 4.16. The Morgan fingerprint density at radius 1 is 1.06 bits per heavy atom. The van der Waals surface area contributed by atoms with Gasteiger partial charge in [-0.1, -0.05) is 0 Å². The maximum absolute atomic E-state index is 5.89. The lowest BCUT2D eigenvalue weighted by atomic mass is 10.0. The largest absolute Gasteiger partial charge is 0.454 e. The average Bonchev–Trinajstić information content (AvgIpc) is 2.73. The van der Waals surface area contributed by atoms with Gasteiger partial charge in [-0.15, -0.1) is 0 Å². The van der Waals surface area contributed by atoms with Crippen LogP contribution in [0, 0.1) is 13.8 Å². The van der Waals surface area contributed by atoms with Gasteiger partial charge in [0.15, 0.2) is 11.5 Å². The van der Waals surface area contributed by atoms with Crippen molar-refractivity contribution in [2.24, 2.45) is 0 Å². The molecule has 1 aliphatic rings. The fourth-order valence-corrected chi connectivity index (χ4v) is 2.21. The highest BCUT2D eigenvalue weighted by Gasteiger charge is 2.17. The van der Waals surface area contributed by atoms with Gasteiger partial charge in [0.05, 0.1) is 5.69 Å². The third-order valence-corrected chi connectivity index (χ3v) is 2.99. The van der Waals surface area contributed by atoms with Crippen molar-refractivity contribution in [1.82, 2.24) is 9.97 Å². The molecule has 92 valence electrons. The van der Waals surface area contributed by atoms with Crippen LogP contribution in [0.4, 0.5) is 0 Å². The summed E-state index contributed by atoms with van der Waals surface area (Å²) < 4.78 is 10.7. The number of ether oxygens (including phenoxy) is 2. The summed E-state index contributed by atoms with van der Waals surface area (Å²) in [5.74, 6) is 1.51. The zero-order chi connectivity index (χ0) is 12.7. The first-order valence-electron chi connectivity index (χ1n) is 5.55. The predicted molar refractivity (Wildman–Crippen MR) is 68.1 cm³/mol. The molecule has 0 N–H and O–H groups in total. The Bertz CT molecular complexity index is 608. The van der Waals surface area contributed by atoms with Crippen LogP contribution in [0.1, 0.15) is 11.3 Å². The van der Waals surface area contributed by atoms with Crippen molar-refractivity contribution in [1.29, 1.82) is 0 Å². The number of aromatic nitrogens is 2. The van der Waals surface area contributed by atoms with E-state index in [1.807, 2.05) is 32.0 Å². The molecule has 0 saturated carbocycles. The number of aryl methyl sites for hydroxylation is 2. The van der Waals surface area contributed by atoms with Crippen LogP contribution >= 0.6 is 11.6 Å². The van der Waals surface area contributed by atoms with Crippen molar-refractivity contribution in [2.45, 2.75) is 13.8 Å². The third-order valence-electron chi connectivity index (χ3n) is 2.82. The van der Waals surface area contributed by atoms with Crippen LogP contribution in [0.2, 0.25) is 5.28 Å². The quantitative estimate of drug-likeness (QED) is 0.741. The molecule has 5 heteroatoms. The molecular weight excluding hydrogens is 252 g/mol. The van der Waals surface area contributed by atoms with E-state index in [2.05, 4.69) is 9.97 Å². The first-order valence-corrected chi connectivity index (χ1v) is 5.93. The van der Waals surface area contributed by atoms with Gasteiger partial charge in [0.1, 0.15) is 0 Å². The van der Waals surface area contributed by atoms with Gasteiger partial charge < -0.3 is 9.47 Å². The summed E-state index contributed by atoms with van der Waals surface area (Å²) in [4.78, 5) is 8.31. The highest BCUT2D eigenvalue weighted by molar-refractivity contribution is 6.28. The van der Waals surface area contributed by atoms with Gasteiger partial charge in [-0.3, -0.25) is 0 Å². The molecule has 0 saturated heterocycles. The molecule has 0 amide bonds. The normalized spacial score (nSPS) is 12.8. The van der Waals surface area contributed by atoms with Gasteiger partial charge in [0.2, 0.25) is 12.1 Å². The summed E-state index contributed by atoms with van der Waals surface area (Å²) in [6.07, 6.45) is 0. The third kappa shape index (κ3) is 1.88. The van der Waals surface area contributed by atoms with E-state index in [-0.39, 0.29) is 12.1 Å². The Labute approximate surface area is 110 Å². The molecule has 0 spiro atoms. The molecule has 0 fully saturated rings. The van der Waals surface area contributed by atoms with E-state index in [0.717, 1.165) is 34.0 Å². The molecule has 2 heterocycles. The molecule has 0 bridgehead atoms. The fraction of sp³-hybridized carbons (Fsp3) is 0.231. The molecule has 18 heavy (non-hydrogen) atoms. The van der Waals surface area contributed by atoms with Gasteiger partial charge in [-0.25, -0.2) is 9.97 Å². The zero-order valence-electron chi connectivity index (χ0n) is 10.0. The van der Waals surface area contributed by atoms with E-state index in [1.54, 1.807) is 0 Å². The highest BCUT2D eigenvalue weighted by Crippen LogP contribution is 2.38. The molecule has 0 aliphatic carbocycles. The number of rotatable bonds is 1. The van der Waals surface area contributed by atoms with Crippen LogP contribution in [0.15, 0.2) is 18.2 Å². The molecule has 4 nitrogen and oxygen atoms in total. The van der Waals surface area contributed by atoms with Crippen LogP contribution in [-0.4, -0.2) is 16.8 Å². The summed E-state index contributed by atoms with van der Waals surface area (Å²) in [5, 5.41) is 0.252. The minimum Gasteiger partial charge on any atom is -0.454 e. The molecule has 0 unspecified atom stereocenters. The van der Waals surface area contributed by atoms with Crippen molar-refractivity contribution in [3.05, 3.63) is 34.7 Å². The van der Waals surface area contributed by atoms with E-state index in [1.165, 1.54) is 0 Å². The zero-order valence-corrected chi connectivity index (χ0v) is 10.8. The predicted octanol–water partition coefficient (Wildman–Crippen LogP) is 3.14. The topological polar surface area (TPSA) is 44.2 Å². The smallest absolute Gasteiger partial charge is 0.231 e. The van der Waals surface area contributed by atoms with Gasteiger partial charge in [-0.2, -0.15) is 0 Å². The van der Waals surface area contributed by atoms with Crippen molar-refractivity contribution in [3.8, 4) is 22.8 Å². The van der Waals surface area contributed by atoms with Crippen molar-refractivity contribution >= 4 is 11.6 Å². The first-order chi connectivity index (χ1) is 8.63. The van der Waals surface area contributed by atoms with Crippen LogP contribution in [0.5, 0.6) is 11.5 Å². The first kappa shape index (κ1) is 11.3. The Morgan fingerprint density at radius 3 is 2.50 bits per heavy atom. The molecule has 1 aromatic carbocycles. The second-order valence-corrected chi connectivity index (χ2v) is 4.52. The van der Waals surface area contributed by atoms with Crippen molar-refractivity contribution < 1.29 is 9.47 Å². The van der Waals surface area contributed by atoms with Crippen molar-refractivity contribution in [2.75, 3.05) is 6.79 Å². The highest BCUT2D eigenvalue weighted by atomic mass is 35.5. The van der Waals surface area contributed by atoms with Crippen molar-refractivity contribution in [3.63, 3.8) is 0 Å². The summed E-state index contributed by atoms with van der Waals surface area (Å²) in [7, 11) is 0. The standard InChI is InChI=1S/C13H11ClN2O2/c1-7-3-11-12(18-6-17-11)5-9(7)10-4-8(2)15-13(14)16-10/h3-5H,6H2,1-2H3. The van der Waals surface area contributed by atoms with E-state index >= 15 is 0 Å². The number of hydrogen-bond donors (Lipinski definition) is 0. The van der Waals surface area contributed by atoms with E-state index < -0.39 is 0 Å². The Kier molecular flexibility index (Phi) is 2.59. The number of benzene rings is 1. The lowest BCUT2D eigenvalue weighted by Crippen LogP contribution is -1.93. The number of nitrogens with zero attached hydrogens (tertiary/aromatic N) is 2.